The van der Waals surface area contributed by atoms with Crippen molar-refractivity contribution in [2.24, 2.45) is 0 Å². The Morgan fingerprint density at radius 1 is 0.800 bits per heavy atom. The monoisotopic (exact) mass is 407 g/mol. The van der Waals surface area contributed by atoms with Gasteiger partial charge in [-0.1, -0.05) is 6.07 Å². The molecule has 5 heteroatoms. The van der Waals surface area contributed by atoms with Gasteiger partial charge in [0.2, 0.25) is 0 Å². The fourth-order valence-corrected chi connectivity index (χ4v) is 5.61. The van der Waals surface area contributed by atoms with Crippen molar-refractivity contribution in [3.63, 3.8) is 0 Å². The van der Waals surface area contributed by atoms with Gasteiger partial charge in [0.15, 0.2) is 23.0 Å². The first kappa shape index (κ1) is 19.3. The zero-order chi connectivity index (χ0) is 21.0. The third kappa shape index (κ3) is 2.58. The van der Waals surface area contributed by atoms with Gasteiger partial charge in [0.25, 0.3) is 0 Å². The fraction of sp³-hybridized carbons (Fsp3) is 0.440. The average molecular weight is 408 g/mol. The lowest BCUT2D eigenvalue weighted by atomic mass is 9.79. The zero-order valence-electron chi connectivity index (χ0n) is 18.4. The van der Waals surface area contributed by atoms with Gasteiger partial charge >= 0.3 is 0 Å². The summed E-state index contributed by atoms with van der Waals surface area (Å²) in [6.07, 6.45) is 3.54. The second kappa shape index (κ2) is 6.95. The second-order valence-corrected chi connectivity index (χ2v) is 8.63. The number of hydrogen-bond acceptors (Lipinski definition) is 5. The molecule has 0 aromatic heterocycles. The van der Waals surface area contributed by atoms with Crippen LogP contribution in [0, 0.1) is 0 Å². The van der Waals surface area contributed by atoms with Gasteiger partial charge in [0, 0.05) is 17.5 Å². The summed E-state index contributed by atoms with van der Waals surface area (Å²) in [6.45, 7) is 4.53. The van der Waals surface area contributed by atoms with Crippen LogP contribution in [0.1, 0.15) is 30.9 Å². The normalized spacial score (nSPS) is 20.8. The highest BCUT2D eigenvalue weighted by atomic mass is 16.5. The van der Waals surface area contributed by atoms with Crippen molar-refractivity contribution in [2.45, 2.75) is 38.3 Å². The molecule has 0 bridgehead atoms. The molecule has 0 amide bonds. The first-order valence-corrected chi connectivity index (χ1v) is 10.5. The molecule has 3 aromatic carbocycles. The summed E-state index contributed by atoms with van der Waals surface area (Å²) < 4.78 is 22.8. The average Bonchev–Trinajstić information content (AvgIpc) is 3.16. The minimum Gasteiger partial charge on any atom is -0.493 e. The number of methoxy groups -OCH3 is 4. The van der Waals surface area contributed by atoms with Crippen LogP contribution in [0.15, 0.2) is 24.3 Å². The predicted molar refractivity (Wildman–Crippen MR) is 119 cm³/mol. The van der Waals surface area contributed by atoms with E-state index in [-0.39, 0.29) is 5.54 Å². The molecule has 158 valence electrons. The molecule has 30 heavy (non-hydrogen) atoms. The summed E-state index contributed by atoms with van der Waals surface area (Å²) in [5, 5.41) is 4.65. The minimum absolute atomic E-state index is 0.220. The van der Waals surface area contributed by atoms with Crippen LogP contribution in [-0.4, -0.2) is 45.4 Å². The molecule has 1 saturated heterocycles. The molecule has 5 nitrogen and oxygen atoms in total. The molecule has 1 fully saturated rings. The van der Waals surface area contributed by atoms with Crippen molar-refractivity contribution in [1.82, 2.24) is 4.90 Å². The lowest BCUT2D eigenvalue weighted by Gasteiger charge is -2.42. The molecular formula is C25H29NO4. The molecule has 1 atom stereocenters. The number of nitrogens with zero attached hydrogens (tertiary/aromatic N) is 1. The second-order valence-electron chi connectivity index (χ2n) is 8.63. The maximum absolute atomic E-state index is 5.88. The van der Waals surface area contributed by atoms with Crippen molar-refractivity contribution in [1.29, 1.82) is 0 Å². The summed E-state index contributed by atoms with van der Waals surface area (Å²) >= 11 is 0. The number of benzene rings is 3. The standard InChI is InChI=1S/C25H29NO4/c1-25-9-6-10-26(25)14-19-16-11-21(28-3)22(29-4)12-17(16)23-15(18(19)13-25)7-8-20(27-2)24(23)30-5/h7-8,11-12H,6,9-10,13-14H2,1-5H3. The van der Waals surface area contributed by atoms with E-state index in [2.05, 4.69) is 30.0 Å². The van der Waals surface area contributed by atoms with Gasteiger partial charge in [0.1, 0.15) is 0 Å². The van der Waals surface area contributed by atoms with Crippen LogP contribution in [0.3, 0.4) is 0 Å². The Labute approximate surface area is 177 Å². The first-order chi connectivity index (χ1) is 14.5. The van der Waals surface area contributed by atoms with Crippen molar-refractivity contribution in [3.05, 3.63) is 35.4 Å². The molecule has 2 heterocycles. The van der Waals surface area contributed by atoms with Crippen molar-refractivity contribution in [2.75, 3.05) is 35.0 Å². The van der Waals surface area contributed by atoms with Gasteiger partial charge in [-0.05, 0) is 78.2 Å². The highest BCUT2D eigenvalue weighted by molar-refractivity contribution is 6.15. The van der Waals surface area contributed by atoms with Crippen LogP contribution in [0.5, 0.6) is 23.0 Å². The molecule has 2 aliphatic heterocycles. The largest absolute Gasteiger partial charge is 0.493 e. The minimum atomic E-state index is 0.220. The van der Waals surface area contributed by atoms with Crippen molar-refractivity contribution < 1.29 is 18.9 Å². The van der Waals surface area contributed by atoms with Crippen LogP contribution >= 0.6 is 0 Å². The Morgan fingerprint density at radius 2 is 1.50 bits per heavy atom. The van der Waals surface area contributed by atoms with E-state index in [0.29, 0.717) is 0 Å². The molecule has 0 aliphatic carbocycles. The van der Waals surface area contributed by atoms with E-state index in [0.717, 1.165) is 53.3 Å². The van der Waals surface area contributed by atoms with Gasteiger partial charge in [0.05, 0.1) is 28.4 Å². The van der Waals surface area contributed by atoms with E-state index in [9.17, 15) is 0 Å². The van der Waals surface area contributed by atoms with Gasteiger partial charge in [-0.15, -0.1) is 0 Å². The summed E-state index contributed by atoms with van der Waals surface area (Å²) in [5.41, 5.74) is 3.04. The van der Waals surface area contributed by atoms with Gasteiger partial charge in [-0.3, -0.25) is 4.90 Å². The van der Waals surface area contributed by atoms with Crippen molar-refractivity contribution in [3.8, 4) is 23.0 Å². The van der Waals surface area contributed by atoms with Crippen LogP contribution < -0.4 is 18.9 Å². The van der Waals surface area contributed by atoms with E-state index in [4.69, 9.17) is 18.9 Å². The summed E-state index contributed by atoms with van der Waals surface area (Å²) in [5.74, 6) is 2.99. The molecule has 0 saturated carbocycles. The fourth-order valence-electron chi connectivity index (χ4n) is 5.61. The van der Waals surface area contributed by atoms with Crippen LogP contribution in [-0.2, 0) is 13.0 Å². The summed E-state index contributed by atoms with van der Waals surface area (Å²) in [4.78, 5) is 2.65. The Kier molecular flexibility index (Phi) is 4.47. The van der Waals surface area contributed by atoms with Crippen molar-refractivity contribution >= 4 is 21.5 Å². The van der Waals surface area contributed by atoms with E-state index in [1.807, 2.05) is 6.07 Å². The highest BCUT2D eigenvalue weighted by Gasteiger charge is 2.41. The maximum atomic E-state index is 5.88. The lowest BCUT2D eigenvalue weighted by molar-refractivity contribution is 0.134. The molecule has 1 unspecified atom stereocenters. The number of rotatable bonds is 4. The Bertz CT molecular complexity index is 1160. The molecule has 5 rings (SSSR count). The van der Waals surface area contributed by atoms with E-state index in [1.165, 1.54) is 34.7 Å². The van der Waals surface area contributed by atoms with E-state index in [1.54, 1.807) is 28.4 Å². The maximum Gasteiger partial charge on any atom is 0.169 e. The molecule has 2 aliphatic rings. The van der Waals surface area contributed by atoms with E-state index >= 15 is 0 Å². The smallest absolute Gasteiger partial charge is 0.169 e. The molecule has 3 aromatic rings. The SMILES string of the molecule is COc1cc2c3c(c4ccc(OC)c(OC)c4c2cc1OC)CC1(C)CCCN1C3. The molecule has 0 spiro atoms. The Balaban J connectivity index is 1.95. The summed E-state index contributed by atoms with van der Waals surface area (Å²) in [7, 11) is 6.77. The third-order valence-corrected chi connectivity index (χ3v) is 7.17. The van der Waals surface area contributed by atoms with Gasteiger partial charge in [-0.2, -0.15) is 0 Å². The number of hydrogen-bond donors (Lipinski definition) is 0. The quantitative estimate of drug-likeness (QED) is 0.573. The summed E-state index contributed by atoms with van der Waals surface area (Å²) in [6, 6.07) is 8.43. The van der Waals surface area contributed by atoms with Gasteiger partial charge < -0.3 is 18.9 Å². The van der Waals surface area contributed by atoms with Gasteiger partial charge in [-0.25, -0.2) is 0 Å². The molecule has 0 radical (unpaired) electrons. The first-order valence-electron chi connectivity index (χ1n) is 10.5. The zero-order valence-corrected chi connectivity index (χ0v) is 18.4. The predicted octanol–water partition coefficient (Wildman–Crippen LogP) is 4.94. The number of ether oxygens (including phenoxy) is 4. The third-order valence-electron chi connectivity index (χ3n) is 7.17. The Morgan fingerprint density at radius 3 is 2.17 bits per heavy atom. The van der Waals surface area contributed by atoms with Crippen LogP contribution in [0.25, 0.3) is 21.5 Å². The Hall–Kier alpha value is -2.66. The van der Waals surface area contributed by atoms with Crippen LogP contribution in [0.2, 0.25) is 0 Å². The topological polar surface area (TPSA) is 40.2 Å². The highest BCUT2D eigenvalue weighted by Crippen LogP contribution is 2.49. The number of fused-ring (bicyclic) bond motifs is 7. The van der Waals surface area contributed by atoms with Crippen LogP contribution in [0.4, 0.5) is 0 Å². The van der Waals surface area contributed by atoms with E-state index < -0.39 is 0 Å². The lowest BCUT2D eigenvalue weighted by Crippen LogP contribution is -2.46. The molecular weight excluding hydrogens is 378 g/mol. The molecule has 0 N–H and O–H groups in total.